The van der Waals surface area contributed by atoms with Crippen molar-refractivity contribution in [3.63, 3.8) is 0 Å². The van der Waals surface area contributed by atoms with Crippen LogP contribution in [0.2, 0.25) is 0 Å². The average Bonchev–Trinajstić information content (AvgIpc) is 3.03. The van der Waals surface area contributed by atoms with Crippen LogP contribution in [0.15, 0.2) is 78.9 Å². The van der Waals surface area contributed by atoms with Gasteiger partial charge in [0.15, 0.2) is 0 Å². The molecule has 0 saturated carbocycles. The number of aliphatic hydroxyl groups is 1. The fourth-order valence-corrected chi connectivity index (χ4v) is 5.85. The maximum absolute atomic E-state index is 12.7. The summed E-state index contributed by atoms with van der Waals surface area (Å²) in [4.78, 5) is 29.8. The van der Waals surface area contributed by atoms with Crippen LogP contribution in [0.1, 0.15) is 43.2 Å². The molecule has 43 heavy (non-hydrogen) atoms. The van der Waals surface area contributed by atoms with E-state index in [-0.39, 0.29) is 18.1 Å². The van der Waals surface area contributed by atoms with Gasteiger partial charge in [-0.15, -0.1) is 0 Å². The first-order chi connectivity index (χ1) is 21.0. The second-order valence-corrected chi connectivity index (χ2v) is 11.7. The van der Waals surface area contributed by atoms with Gasteiger partial charge in [0.05, 0.1) is 11.8 Å². The minimum atomic E-state index is -0.425. The van der Waals surface area contributed by atoms with Gasteiger partial charge in [0.2, 0.25) is 5.91 Å². The number of piperidine rings is 2. The molecular formula is C35H44N4O4. The summed E-state index contributed by atoms with van der Waals surface area (Å²) in [5.41, 5.74) is 5.18. The van der Waals surface area contributed by atoms with E-state index in [1.54, 1.807) is 0 Å². The summed E-state index contributed by atoms with van der Waals surface area (Å²) >= 11 is 0. The summed E-state index contributed by atoms with van der Waals surface area (Å²) in [5.74, 6) is 0.0709. The SMILES string of the molecule is O=C(CCc1ccc(CN2CCC(O)CC2)cc1)NCCN1CCC(OC(=O)Nc2ccccc2-c2ccccc2)CC1. The molecule has 8 heteroatoms. The molecule has 0 atom stereocenters. The summed E-state index contributed by atoms with van der Waals surface area (Å²) in [5, 5.41) is 15.7. The van der Waals surface area contributed by atoms with Crippen molar-refractivity contribution < 1.29 is 19.4 Å². The molecule has 5 rings (SSSR count). The van der Waals surface area contributed by atoms with E-state index in [0.717, 1.165) is 88.2 Å². The van der Waals surface area contributed by atoms with Crippen LogP contribution in [0.5, 0.6) is 0 Å². The van der Waals surface area contributed by atoms with Crippen molar-refractivity contribution in [2.24, 2.45) is 0 Å². The Hall–Kier alpha value is -3.72. The minimum Gasteiger partial charge on any atom is -0.446 e. The van der Waals surface area contributed by atoms with E-state index >= 15 is 0 Å². The number of likely N-dealkylation sites (tertiary alicyclic amines) is 2. The third-order valence-electron chi connectivity index (χ3n) is 8.43. The Labute approximate surface area is 255 Å². The molecule has 2 aliphatic heterocycles. The number of hydrogen-bond acceptors (Lipinski definition) is 6. The van der Waals surface area contributed by atoms with Gasteiger partial charge < -0.3 is 20.1 Å². The second kappa shape index (κ2) is 15.7. The number of amides is 2. The van der Waals surface area contributed by atoms with Crippen molar-refractivity contribution in [1.82, 2.24) is 15.1 Å². The van der Waals surface area contributed by atoms with E-state index in [2.05, 4.69) is 44.7 Å². The summed E-state index contributed by atoms with van der Waals surface area (Å²) in [6.45, 7) is 5.86. The van der Waals surface area contributed by atoms with Crippen LogP contribution >= 0.6 is 0 Å². The third kappa shape index (κ3) is 9.64. The predicted octanol–water partition coefficient (Wildman–Crippen LogP) is 5.07. The summed E-state index contributed by atoms with van der Waals surface area (Å²) in [7, 11) is 0. The van der Waals surface area contributed by atoms with Crippen molar-refractivity contribution in [3.05, 3.63) is 90.0 Å². The highest BCUT2D eigenvalue weighted by molar-refractivity contribution is 5.91. The molecular weight excluding hydrogens is 540 g/mol. The lowest BCUT2D eigenvalue weighted by Crippen LogP contribution is -2.42. The number of nitrogens with one attached hydrogen (secondary N) is 2. The molecule has 8 nitrogen and oxygen atoms in total. The van der Waals surface area contributed by atoms with Crippen LogP contribution < -0.4 is 10.6 Å². The first-order valence-corrected chi connectivity index (χ1v) is 15.6. The van der Waals surface area contributed by atoms with Gasteiger partial charge in [0.25, 0.3) is 0 Å². The Morgan fingerprint density at radius 3 is 2.19 bits per heavy atom. The van der Waals surface area contributed by atoms with Crippen LogP contribution in [0.3, 0.4) is 0 Å². The monoisotopic (exact) mass is 584 g/mol. The molecule has 3 N–H and O–H groups in total. The number of hydrogen-bond donors (Lipinski definition) is 3. The Morgan fingerprint density at radius 1 is 0.791 bits per heavy atom. The minimum absolute atomic E-state index is 0.0709. The molecule has 228 valence electrons. The highest BCUT2D eigenvalue weighted by atomic mass is 16.6. The number of aryl methyl sites for hydroxylation is 1. The smallest absolute Gasteiger partial charge is 0.411 e. The molecule has 0 aliphatic carbocycles. The Bertz CT molecular complexity index is 1300. The topological polar surface area (TPSA) is 94.1 Å². The zero-order valence-corrected chi connectivity index (χ0v) is 24.9. The first kappa shape index (κ1) is 30.7. The molecule has 2 saturated heterocycles. The van der Waals surface area contributed by atoms with Crippen LogP contribution in [0.25, 0.3) is 11.1 Å². The van der Waals surface area contributed by atoms with E-state index in [9.17, 15) is 14.7 Å². The number of ether oxygens (including phenoxy) is 1. The Kier molecular flexibility index (Phi) is 11.2. The largest absolute Gasteiger partial charge is 0.446 e. The number of carbonyl (C=O) groups is 2. The number of rotatable bonds is 11. The standard InChI is InChI=1S/C35H44N4O4/c40-30-16-21-39(22-17-30)26-28-12-10-27(11-13-28)14-15-34(41)36-20-25-38-23-18-31(19-24-38)43-35(42)37-33-9-5-4-8-32(33)29-6-2-1-3-7-29/h1-13,30-31,40H,14-26H2,(H,36,41)(H,37,42). The van der Waals surface area contributed by atoms with Gasteiger partial charge in [-0.05, 0) is 54.9 Å². The molecule has 0 unspecified atom stereocenters. The number of carbonyl (C=O) groups excluding carboxylic acids is 2. The second-order valence-electron chi connectivity index (χ2n) is 11.7. The van der Waals surface area contributed by atoms with E-state index in [1.807, 2.05) is 54.6 Å². The number of benzene rings is 3. The number of para-hydroxylation sites is 1. The molecule has 2 heterocycles. The van der Waals surface area contributed by atoms with E-state index in [1.165, 1.54) is 11.1 Å². The van der Waals surface area contributed by atoms with Gasteiger partial charge in [-0.25, -0.2) is 4.79 Å². The zero-order chi connectivity index (χ0) is 29.9. The molecule has 3 aromatic rings. The highest BCUT2D eigenvalue weighted by Crippen LogP contribution is 2.28. The van der Waals surface area contributed by atoms with E-state index in [4.69, 9.17) is 4.74 Å². The van der Waals surface area contributed by atoms with E-state index in [0.29, 0.717) is 13.0 Å². The summed E-state index contributed by atoms with van der Waals surface area (Å²) < 4.78 is 5.74. The van der Waals surface area contributed by atoms with Gasteiger partial charge in [-0.1, -0.05) is 72.8 Å². The molecule has 0 aromatic heterocycles. The fraction of sp³-hybridized carbons (Fsp3) is 0.429. The van der Waals surface area contributed by atoms with Crippen molar-refractivity contribution in [1.29, 1.82) is 0 Å². The van der Waals surface area contributed by atoms with Gasteiger partial charge in [0, 0.05) is 57.8 Å². The van der Waals surface area contributed by atoms with Gasteiger partial charge in [0.1, 0.15) is 6.10 Å². The first-order valence-electron chi connectivity index (χ1n) is 15.6. The van der Waals surface area contributed by atoms with Gasteiger partial charge in [-0.3, -0.25) is 15.0 Å². The number of aliphatic hydroxyl groups excluding tert-OH is 1. The number of nitrogens with zero attached hydrogens (tertiary/aromatic N) is 2. The molecule has 3 aromatic carbocycles. The summed E-state index contributed by atoms with van der Waals surface area (Å²) in [6.07, 6.45) is 3.76. The maximum Gasteiger partial charge on any atom is 0.411 e. The average molecular weight is 585 g/mol. The van der Waals surface area contributed by atoms with Crippen LogP contribution in [-0.2, 0) is 22.5 Å². The van der Waals surface area contributed by atoms with Crippen molar-refractivity contribution in [2.45, 2.75) is 57.3 Å². The fourth-order valence-electron chi connectivity index (χ4n) is 5.85. The lowest BCUT2D eigenvalue weighted by molar-refractivity contribution is -0.121. The predicted molar refractivity (Wildman–Crippen MR) is 170 cm³/mol. The Balaban J connectivity index is 0.947. The molecule has 0 spiro atoms. The maximum atomic E-state index is 12.7. The molecule has 2 aliphatic rings. The quantitative estimate of drug-likeness (QED) is 0.291. The highest BCUT2D eigenvalue weighted by Gasteiger charge is 2.23. The van der Waals surface area contributed by atoms with E-state index < -0.39 is 6.09 Å². The lowest BCUT2D eigenvalue weighted by atomic mass is 10.0. The van der Waals surface area contributed by atoms with Crippen LogP contribution in [-0.4, -0.2) is 78.4 Å². The van der Waals surface area contributed by atoms with Gasteiger partial charge in [-0.2, -0.15) is 0 Å². The lowest BCUT2D eigenvalue weighted by Gasteiger charge is -2.31. The third-order valence-corrected chi connectivity index (χ3v) is 8.43. The molecule has 0 radical (unpaired) electrons. The summed E-state index contributed by atoms with van der Waals surface area (Å²) in [6, 6.07) is 26.3. The van der Waals surface area contributed by atoms with Crippen molar-refractivity contribution >= 4 is 17.7 Å². The van der Waals surface area contributed by atoms with Crippen molar-refractivity contribution in [2.75, 3.05) is 44.6 Å². The van der Waals surface area contributed by atoms with Crippen LogP contribution in [0, 0.1) is 0 Å². The van der Waals surface area contributed by atoms with Crippen LogP contribution in [0.4, 0.5) is 10.5 Å². The number of anilines is 1. The molecule has 2 amide bonds. The van der Waals surface area contributed by atoms with Crippen molar-refractivity contribution in [3.8, 4) is 11.1 Å². The molecule has 2 fully saturated rings. The Morgan fingerprint density at radius 2 is 1.44 bits per heavy atom. The zero-order valence-electron chi connectivity index (χ0n) is 24.9. The van der Waals surface area contributed by atoms with Gasteiger partial charge >= 0.3 is 6.09 Å². The normalized spacial score (nSPS) is 17.0. The molecule has 0 bridgehead atoms.